The van der Waals surface area contributed by atoms with Crippen molar-refractivity contribution < 1.29 is 13.2 Å². The molecule has 1 aromatic heterocycles. The van der Waals surface area contributed by atoms with E-state index in [9.17, 15) is 18.0 Å². The first-order chi connectivity index (χ1) is 14.6. The average molecular weight is 443 g/mol. The highest BCUT2D eigenvalue weighted by molar-refractivity contribution is 7.92. The van der Waals surface area contributed by atoms with Gasteiger partial charge in [0.05, 0.1) is 23.3 Å². The first-order valence-corrected chi connectivity index (χ1v) is 11.7. The molecular weight excluding hydrogens is 416 g/mol. The van der Waals surface area contributed by atoms with Crippen molar-refractivity contribution >= 4 is 27.3 Å². The summed E-state index contributed by atoms with van der Waals surface area (Å²) in [5.41, 5.74) is 2.21. The second-order valence-electron chi connectivity index (χ2n) is 7.24. The van der Waals surface area contributed by atoms with E-state index >= 15 is 0 Å². The lowest BCUT2D eigenvalue weighted by molar-refractivity contribution is -0.114. The smallest absolute Gasteiger partial charge is 0.295 e. The minimum atomic E-state index is -3.72. The molecule has 0 saturated carbocycles. The van der Waals surface area contributed by atoms with E-state index in [2.05, 4.69) is 5.32 Å². The lowest BCUT2D eigenvalue weighted by Crippen LogP contribution is -2.38. The minimum absolute atomic E-state index is 0.119. The van der Waals surface area contributed by atoms with Crippen molar-refractivity contribution in [3.8, 4) is 5.69 Å². The number of hydrogen-bond donors (Lipinski definition) is 1. The molecule has 0 aliphatic rings. The van der Waals surface area contributed by atoms with Crippen molar-refractivity contribution in [1.29, 1.82) is 0 Å². The fourth-order valence-corrected chi connectivity index (χ4v) is 4.34. The second-order valence-corrected chi connectivity index (χ2v) is 9.14. The Morgan fingerprint density at radius 3 is 2.29 bits per heavy atom. The van der Waals surface area contributed by atoms with Crippen LogP contribution in [0.5, 0.6) is 0 Å². The minimum Gasteiger partial charge on any atom is -0.318 e. The SMILES string of the molecule is CCc1ccccc1N(CC(=O)Nc1c(C)n(C)n(-c2ccccc2)c1=O)S(C)(=O)=O. The van der Waals surface area contributed by atoms with Gasteiger partial charge in [0.1, 0.15) is 12.2 Å². The standard InChI is InChI=1S/C22H26N4O4S/c1-5-17-11-9-10-14-19(17)25(31(4,29)30)15-20(27)23-21-16(2)24(3)26(22(21)28)18-12-7-6-8-13-18/h6-14H,5,15H2,1-4H3,(H,23,27). The highest BCUT2D eigenvalue weighted by Gasteiger charge is 2.25. The molecule has 0 bridgehead atoms. The lowest BCUT2D eigenvalue weighted by atomic mass is 10.1. The molecule has 8 nitrogen and oxygen atoms in total. The fourth-order valence-electron chi connectivity index (χ4n) is 3.46. The van der Waals surface area contributed by atoms with Crippen LogP contribution >= 0.6 is 0 Å². The molecule has 1 N–H and O–H groups in total. The summed E-state index contributed by atoms with van der Waals surface area (Å²) in [4.78, 5) is 25.8. The van der Waals surface area contributed by atoms with Crippen LogP contribution < -0.4 is 15.2 Å². The maximum atomic E-state index is 13.0. The molecule has 0 radical (unpaired) electrons. The van der Waals surface area contributed by atoms with Crippen LogP contribution in [0.3, 0.4) is 0 Å². The first-order valence-electron chi connectivity index (χ1n) is 9.84. The Hall–Kier alpha value is -3.33. The summed E-state index contributed by atoms with van der Waals surface area (Å²) in [5.74, 6) is -0.595. The summed E-state index contributed by atoms with van der Waals surface area (Å²) in [6, 6.07) is 16.1. The van der Waals surface area contributed by atoms with Crippen LogP contribution in [0.15, 0.2) is 59.4 Å². The van der Waals surface area contributed by atoms with Gasteiger partial charge in [-0.2, -0.15) is 0 Å². The Balaban J connectivity index is 1.93. The topological polar surface area (TPSA) is 93.4 Å². The van der Waals surface area contributed by atoms with Crippen LogP contribution in [-0.4, -0.2) is 36.5 Å². The highest BCUT2D eigenvalue weighted by Crippen LogP contribution is 2.23. The van der Waals surface area contributed by atoms with Crippen LogP contribution in [0.1, 0.15) is 18.2 Å². The number of anilines is 2. The molecule has 0 unspecified atom stereocenters. The molecule has 3 rings (SSSR count). The first kappa shape index (κ1) is 22.4. The maximum absolute atomic E-state index is 13.0. The molecule has 1 amide bonds. The Morgan fingerprint density at radius 2 is 1.68 bits per heavy atom. The third-order valence-electron chi connectivity index (χ3n) is 5.15. The molecule has 0 spiro atoms. The van der Waals surface area contributed by atoms with Gasteiger partial charge < -0.3 is 5.32 Å². The van der Waals surface area contributed by atoms with Crippen molar-refractivity contribution in [2.45, 2.75) is 20.3 Å². The van der Waals surface area contributed by atoms with E-state index in [4.69, 9.17) is 0 Å². The van der Waals surface area contributed by atoms with Gasteiger partial charge in [0.25, 0.3) is 5.56 Å². The number of para-hydroxylation sites is 2. The van der Waals surface area contributed by atoms with Gasteiger partial charge in [-0.1, -0.05) is 43.3 Å². The zero-order chi connectivity index (χ0) is 22.8. The number of nitrogens with one attached hydrogen (secondary N) is 1. The Kier molecular flexibility index (Phi) is 6.35. The summed E-state index contributed by atoms with van der Waals surface area (Å²) in [5, 5.41) is 2.62. The molecule has 164 valence electrons. The van der Waals surface area contributed by atoms with Crippen molar-refractivity contribution in [2.75, 3.05) is 22.4 Å². The number of carbonyl (C=O) groups is 1. The number of benzene rings is 2. The van der Waals surface area contributed by atoms with Gasteiger partial charge in [0.2, 0.25) is 15.9 Å². The van der Waals surface area contributed by atoms with Crippen molar-refractivity contribution in [1.82, 2.24) is 9.36 Å². The van der Waals surface area contributed by atoms with Crippen LogP contribution in [0.2, 0.25) is 0 Å². The number of sulfonamides is 1. The van der Waals surface area contributed by atoms with E-state index < -0.39 is 22.5 Å². The summed E-state index contributed by atoms with van der Waals surface area (Å²) in [6.45, 7) is 3.20. The number of amides is 1. The summed E-state index contributed by atoms with van der Waals surface area (Å²) in [6.07, 6.45) is 1.67. The third kappa shape index (κ3) is 4.56. The number of aryl methyl sites for hydroxylation is 1. The molecule has 0 fully saturated rings. The van der Waals surface area contributed by atoms with Gasteiger partial charge in [-0.05, 0) is 37.1 Å². The van der Waals surface area contributed by atoms with E-state index in [1.807, 2.05) is 37.3 Å². The number of rotatable bonds is 7. The molecule has 2 aromatic carbocycles. The lowest BCUT2D eigenvalue weighted by Gasteiger charge is -2.24. The molecule has 0 atom stereocenters. The van der Waals surface area contributed by atoms with Crippen LogP contribution in [-0.2, 0) is 28.3 Å². The monoisotopic (exact) mass is 442 g/mol. The molecule has 0 aliphatic carbocycles. The van der Waals surface area contributed by atoms with Crippen molar-refractivity contribution in [3.05, 3.63) is 76.2 Å². The normalized spacial score (nSPS) is 11.4. The largest absolute Gasteiger partial charge is 0.318 e. The summed E-state index contributed by atoms with van der Waals surface area (Å²) in [7, 11) is -2.00. The Morgan fingerprint density at radius 1 is 1.06 bits per heavy atom. The number of hydrogen-bond acceptors (Lipinski definition) is 4. The van der Waals surface area contributed by atoms with Gasteiger partial charge in [-0.3, -0.25) is 18.6 Å². The van der Waals surface area contributed by atoms with Gasteiger partial charge in [0.15, 0.2) is 0 Å². The Bertz CT molecular complexity index is 1260. The van der Waals surface area contributed by atoms with Crippen molar-refractivity contribution in [2.24, 2.45) is 7.05 Å². The van der Waals surface area contributed by atoms with E-state index in [1.165, 1.54) is 4.68 Å². The quantitative estimate of drug-likeness (QED) is 0.608. The van der Waals surface area contributed by atoms with E-state index in [0.717, 1.165) is 16.1 Å². The molecule has 1 heterocycles. The Labute approximate surface area is 181 Å². The average Bonchev–Trinajstić information content (AvgIpc) is 2.95. The molecule has 9 heteroatoms. The van der Waals surface area contributed by atoms with Crippen LogP contribution in [0.25, 0.3) is 5.69 Å². The van der Waals surface area contributed by atoms with Gasteiger partial charge >= 0.3 is 0 Å². The van der Waals surface area contributed by atoms with E-state index in [-0.39, 0.29) is 11.2 Å². The van der Waals surface area contributed by atoms with Crippen LogP contribution in [0, 0.1) is 6.92 Å². The predicted octanol–water partition coefficient (Wildman–Crippen LogP) is 2.45. The molecule has 31 heavy (non-hydrogen) atoms. The zero-order valence-electron chi connectivity index (χ0n) is 18.0. The number of nitrogens with zero attached hydrogens (tertiary/aromatic N) is 3. The van der Waals surface area contributed by atoms with Gasteiger partial charge in [-0.15, -0.1) is 0 Å². The molecule has 0 aliphatic heterocycles. The second kappa shape index (κ2) is 8.81. The van der Waals surface area contributed by atoms with Gasteiger partial charge in [0, 0.05) is 7.05 Å². The van der Waals surface area contributed by atoms with E-state index in [0.29, 0.717) is 23.5 Å². The predicted molar refractivity (Wildman–Crippen MR) is 122 cm³/mol. The third-order valence-corrected chi connectivity index (χ3v) is 6.27. The number of aromatic nitrogens is 2. The molecular formula is C22H26N4O4S. The highest BCUT2D eigenvalue weighted by atomic mass is 32.2. The van der Waals surface area contributed by atoms with Gasteiger partial charge in [-0.25, -0.2) is 13.1 Å². The van der Waals surface area contributed by atoms with Crippen molar-refractivity contribution in [3.63, 3.8) is 0 Å². The van der Waals surface area contributed by atoms with E-state index in [1.54, 1.807) is 42.9 Å². The zero-order valence-corrected chi connectivity index (χ0v) is 18.8. The summed E-state index contributed by atoms with van der Waals surface area (Å²) < 4.78 is 29.0. The fraction of sp³-hybridized carbons (Fsp3) is 0.273. The molecule has 3 aromatic rings. The number of carbonyl (C=O) groups excluding carboxylic acids is 1. The maximum Gasteiger partial charge on any atom is 0.295 e. The molecule has 0 saturated heterocycles. The van der Waals surface area contributed by atoms with Crippen LogP contribution in [0.4, 0.5) is 11.4 Å². The summed E-state index contributed by atoms with van der Waals surface area (Å²) >= 11 is 0.